The average molecular weight is 286 g/mol. The molecule has 1 aromatic rings. The van der Waals surface area contributed by atoms with Crippen LogP contribution in [0.1, 0.15) is 12.0 Å². The first-order valence-electron chi connectivity index (χ1n) is 6.56. The number of nitrogens with zero attached hydrogens (tertiary/aromatic N) is 1. The molecule has 3 nitrogen and oxygen atoms in total. The molecule has 2 rings (SSSR count). The maximum atomic E-state index is 12.1. The lowest BCUT2D eigenvalue weighted by atomic mass is 10.1. The van der Waals surface area contributed by atoms with Crippen molar-refractivity contribution in [3.8, 4) is 0 Å². The zero-order valence-electron chi connectivity index (χ0n) is 11.0. The van der Waals surface area contributed by atoms with Gasteiger partial charge in [0, 0.05) is 19.6 Å². The molecule has 20 heavy (non-hydrogen) atoms. The van der Waals surface area contributed by atoms with E-state index in [4.69, 9.17) is 0 Å². The first-order valence-corrected chi connectivity index (χ1v) is 6.56. The van der Waals surface area contributed by atoms with Crippen molar-refractivity contribution < 1.29 is 18.0 Å². The third-order valence-electron chi connectivity index (χ3n) is 3.43. The summed E-state index contributed by atoms with van der Waals surface area (Å²) in [5, 5.41) is 1.96. The molecule has 0 aromatic heterocycles. The number of halogens is 3. The molecule has 1 aromatic carbocycles. The molecule has 0 spiro atoms. The van der Waals surface area contributed by atoms with Gasteiger partial charge in [-0.2, -0.15) is 13.2 Å². The minimum Gasteiger partial charge on any atom is -0.348 e. The smallest absolute Gasteiger partial charge is 0.348 e. The Labute approximate surface area is 115 Å². The van der Waals surface area contributed by atoms with Gasteiger partial charge in [-0.3, -0.25) is 9.69 Å². The largest absolute Gasteiger partial charge is 0.471 e. The average Bonchev–Trinajstić information content (AvgIpc) is 2.83. The van der Waals surface area contributed by atoms with Crippen LogP contribution < -0.4 is 5.32 Å². The highest BCUT2D eigenvalue weighted by Crippen LogP contribution is 2.19. The number of hydrogen-bond donors (Lipinski definition) is 1. The fourth-order valence-electron chi connectivity index (χ4n) is 2.40. The number of alkyl halides is 3. The highest BCUT2D eigenvalue weighted by Gasteiger charge is 2.38. The topological polar surface area (TPSA) is 32.3 Å². The van der Waals surface area contributed by atoms with E-state index in [1.165, 1.54) is 5.56 Å². The van der Waals surface area contributed by atoms with E-state index in [1.807, 2.05) is 35.6 Å². The molecule has 0 saturated carbocycles. The molecule has 1 aliphatic heterocycles. The highest BCUT2D eigenvalue weighted by atomic mass is 19.4. The zero-order valence-corrected chi connectivity index (χ0v) is 11.0. The van der Waals surface area contributed by atoms with Gasteiger partial charge in [0.2, 0.25) is 0 Å². The molecule has 1 heterocycles. The standard InChI is InChI=1S/C14H17F3N2O/c15-14(16,17)13(20)18-8-12-6-7-19(10-12)9-11-4-2-1-3-5-11/h1-5,12H,6-10H2,(H,18,20)/t12-/m0/s1. The fourth-order valence-corrected chi connectivity index (χ4v) is 2.40. The molecular weight excluding hydrogens is 269 g/mol. The van der Waals surface area contributed by atoms with Crippen molar-refractivity contribution in [2.75, 3.05) is 19.6 Å². The van der Waals surface area contributed by atoms with Crippen molar-refractivity contribution in [3.63, 3.8) is 0 Å². The summed E-state index contributed by atoms with van der Waals surface area (Å²) in [6.07, 6.45) is -3.98. The summed E-state index contributed by atoms with van der Waals surface area (Å²) < 4.78 is 36.2. The third-order valence-corrected chi connectivity index (χ3v) is 3.43. The quantitative estimate of drug-likeness (QED) is 0.920. The van der Waals surface area contributed by atoms with E-state index in [0.29, 0.717) is 6.54 Å². The number of benzene rings is 1. The van der Waals surface area contributed by atoms with Crippen LogP contribution in [0.15, 0.2) is 30.3 Å². The molecule has 6 heteroatoms. The van der Waals surface area contributed by atoms with Gasteiger partial charge in [-0.05, 0) is 24.4 Å². The van der Waals surface area contributed by atoms with E-state index >= 15 is 0 Å². The molecule has 1 fully saturated rings. The zero-order chi connectivity index (χ0) is 14.6. The van der Waals surface area contributed by atoms with Crippen LogP contribution in [0.4, 0.5) is 13.2 Å². The van der Waals surface area contributed by atoms with E-state index in [2.05, 4.69) is 4.90 Å². The number of amides is 1. The van der Waals surface area contributed by atoms with Crippen molar-refractivity contribution in [1.29, 1.82) is 0 Å². The Kier molecular flexibility index (Phi) is 4.65. The second kappa shape index (κ2) is 6.26. The lowest BCUT2D eigenvalue weighted by Crippen LogP contribution is -2.39. The monoisotopic (exact) mass is 286 g/mol. The van der Waals surface area contributed by atoms with Crippen LogP contribution >= 0.6 is 0 Å². The minimum absolute atomic E-state index is 0.0869. The van der Waals surface area contributed by atoms with Crippen LogP contribution in [0.2, 0.25) is 0 Å². The Morgan fingerprint density at radius 3 is 2.65 bits per heavy atom. The Balaban J connectivity index is 1.74. The van der Waals surface area contributed by atoms with Crippen molar-refractivity contribution in [2.45, 2.75) is 19.1 Å². The summed E-state index contributed by atoms with van der Waals surface area (Å²) in [7, 11) is 0. The van der Waals surface area contributed by atoms with Gasteiger partial charge in [0.05, 0.1) is 0 Å². The van der Waals surface area contributed by atoms with E-state index < -0.39 is 12.1 Å². The van der Waals surface area contributed by atoms with Crippen molar-refractivity contribution in [1.82, 2.24) is 10.2 Å². The van der Waals surface area contributed by atoms with E-state index in [9.17, 15) is 18.0 Å². The Morgan fingerprint density at radius 2 is 2.00 bits per heavy atom. The number of rotatable bonds is 4. The first-order chi connectivity index (χ1) is 9.45. The molecule has 1 aliphatic rings. The van der Waals surface area contributed by atoms with E-state index in [0.717, 1.165) is 19.5 Å². The van der Waals surface area contributed by atoms with Crippen molar-refractivity contribution in [2.24, 2.45) is 5.92 Å². The van der Waals surface area contributed by atoms with Crippen molar-refractivity contribution in [3.05, 3.63) is 35.9 Å². The molecule has 0 unspecified atom stereocenters. The molecule has 1 N–H and O–H groups in total. The summed E-state index contributed by atoms with van der Waals surface area (Å²) in [4.78, 5) is 12.9. The Hall–Kier alpha value is -1.56. The first kappa shape index (κ1) is 14.8. The lowest BCUT2D eigenvalue weighted by Gasteiger charge is -2.16. The van der Waals surface area contributed by atoms with E-state index in [1.54, 1.807) is 0 Å². The SMILES string of the molecule is O=C(NC[C@@H]1CCN(Cc2ccccc2)C1)C(F)(F)F. The third kappa shape index (κ3) is 4.23. The molecule has 0 radical (unpaired) electrons. The highest BCUT2D eigenvalue weighted by molar-refractivity contribution is 5.81. The molecule has 1 saturated heterocycles. The minimum atomic E-state index is -4.79. The van der Waals surface area contributed by atoms with Crippen LogP contribution in [-0.4, -0.2) is 36.6 Å². The maximum absolute atomic E-state index is 12.1. The summed E-state index contributed by atoms with van der Waals surface area (Å²) in [5.41, 5.74) is 1.19. The van der Waals surface area contributed by atoms with Crippen LogP contribution in [0, 0.1) is 5.92 Å². The molecule has 1 amide bonds. The van der Waals surface area contributed by atoms with Gasteiger partial charge in [0.15, 0.2) is 0 Å². The molecule has 1 atom stereocenters. The van der Waals surface area contributed by atoms with Gasteiger partial charge in [-0.15, -0.1) is 0 Å². The Morgan fingerprint density at radius 1 is 1.30 bits per heavy atom. The summed E-state index contributed by atoms with van der Waals surface area (Å²) in [5.74, 6) is -1.76. The van der Waals surface area contributed by atoms with E-state index in [-0.39, 0.29) is 12.5 Å². The second-order valence-electron chi connectivity index (χ2n) is 5.08. The Bertz CT molecular complexity index is 447. The van der Waals surface area contributed by atoms with Crippen LogP contribution in [-0.2, 0) is 11.3 Å². The van der Waals surface area contributed by atoms with Gasteiger partial charge < -0.3 is 5.32 Å². The summed E-state index contributed by atoms with van der Waals surface area (Å²) >= 11 is 0. The van der Waals surface area contributed by atoms with Gasteiger partial charge >= 0.3 is 12.1 Å². The number of nitrogens with one attached hydrogen (secondary N) is 1. The predicted molar refractivity (Wildman–Crippen MR) is 68.9 cm³/mol. The predicted octanol–water partition coefficient (Wildman–Crippen LogP) is 2.19. The normalized spacial score (nSPS) is 20.1. The van der Waals surface area contributed by atoms with Gasteiger partial charge in [-0.25, -0.2) is 0 Å². The number of likely N-dealkylation sites (tertiary alicyclic amines) is 1. The number of hydrogen-bond acceptors (Lipinski definition) is 2. The summed E-state index contributed by atoms with van der Waals surface area (Å²) in [6.45, 7) is 2.45. The summed E-state index contributed by atoms with van der Waals surface area (Å²) in [6, 6.07) is 9.93. The lowest BCUT2D eigenvalue weighted by molar-refractivity contribution is -0.173. The molecule has 0 aliphatic carbocycles. The second-order valence-corrected chi connectivity index (χ2v) is 5.08. The van der Waals surface area contributed by atoms with Gasteiger partial charge in [0.1, 0.15) is 0 Å². The van der Waals surface area contributed by atoms with Crippen LogP contribution in [0.3, 0.4) is 0 Å². The van der Waals surface area contributed by atoms with Crippen LogP contribution in [0.25, 0.3) is 0 Å². The van der Waals surface area contributed by atoms with Gasteiger partial charge in [-0.1, -0.05) is 30.3 Å². The number of carbonyl (C=O) groups is 1. The fraction of sp³-hybridized carbons (Fsp3) is 0.500. The maximum Gasteiger partial charge on any atom is 0.471 e. The number of carbonyl (C=O) groups excluding carboxylic acids is 1. The molecular formula is C14H17F3N2O. The molecule has 0 bridgehead atoms. The van der Waals surface area contributed by atoms with Crippen molar-refractivity contribution >= 4 is 5.91 Å². The van der Waals surface area contributed by atoms with Gasteiger partial charge in [0.25, 0.3) is 0 Å². The van der Waals surface area contributed by atoms with Crippen LogP contribution in [0.5, 0.6) is 0 Å². The molecule has 110 valence electrons.